The molecule has 1 amide bonds. The molecular weight excluding hydrogens is 308 g/mol. The molecule has 1 aliphatic heterocycles. The highest BCUT2D eigenvalue weighted by Gasteiger charge is 2.13. The smallest absolute Gasteiger partial charge is 0.269 e. The molecule has 1 fully saturated rings. The highest BCUT2D eigenvalue weighted by Crippen LogP contribution is 2.15. The summed E-state index contributed by atoms with van der Waals surface area (Å²) in [4.78, 5) is 26.6. The van der Waals surface area contributed by atoms with E-state index in [4.69, 9.17) is 4.74 Å². The number of rotatable bonds is 6. The fourth-order valence-corrected chi connectivity index (χ4v) is 2.36. The Hall–Kier alpha value is -2.74. The van der Waals surface area contributed by atoms with Gasteiger partial charge in [0.05, 0.1) is 13.2 Å². The van der Waals surface area contributed by atoms with Gasteiger partial charge in [0.15, 0.2) is 0 Å². The van der Waals surface area contributed by atoms with Gasteiger partial charge >= 0.3 is 0 Å². The maximum atomic E-state index is 11.9. The Balaban J connectivity index is 1.46. The highest BCUT2D eigenvalue weighted by atomic mass is 16.5. The minimum absolute atomic E-state index is 0.186. The van der Waals surface area contributed by atoms with Crippen LogP contribution in [0.4, 0.5) is 11.6 Å². The summed E-state index contributed by atoms with van der Waals surface area (Å²) >= 11 is 0. The van der Waals surface area contributed by atoms with Crippen LogP contribution in [0.5, 0.6) is 0 Å². The molecule has 2 aromatic heterocycles. The summed E-state index contributed by atoms with van der Waals surface area (Å²) in [6, 6.07) is 7.15. The number of anilines is 2. The molecular formula is C16H20N6O2. The molecule has 2 N–H and O–H groups in total. The zero-order chi connectivity index (χ0) is 16.6. The first kappa shape index (κ1) is 16.1. The second-order valence-corrected chi connectivity index (χ2v) is 5.26. The largest absolute Gasteiger partial charge is 0.378 e. The van der Waals surface area contributed by atoms with Crippen molar-refractivity contribution in [2.24, 2.45) is 0 Å². The average molecular weight is 328 g/mol. The zero-order valence-electron chi connectivity index (χ0n) is 13.3. The molecule has 3 heterocycles. The third-order valence-corrected chi connectivity index (χ3v) is 3.60. The van der Waals surface area contributed by atoms with Crippen molar-refractivity contribution < 1.29 is 9.53 Å². The van der Waals surface area contributed by atoms with Crippen molar-refractivity contribution in [2.45, 2.75) is 0 Å². The Kier molecular flexibility index (Phi) is 5.52. The standard InChI is InChI=1S/C16H20N6O2/c23-16(13-3-1-2-4-17-13)19-6-5-18-14-11-15(21-12-20-14)22-7-9-24-10-8-22/h1-4,11-12H,5-10H2,(H,19,23)(H,18,20,21). The molecule has 0 radical (unpaired) electrons. The van der Waals surface area contributed by atoms with E-state index in [-0.39, 0.29) is 5.91 Å². The van der Waals surface area contributed by atoms with E-state index in [0.29, 0.717) is 32.0 Å². The Labute approximate surface area is 140 Å². The number of ether oxygens (including phenoxy) is 1. The number of hydrogen-bond acceptors (Lipinski definition) is 7. The molecule has 3 rings (SSSR count). The molecule has 0 unspecified atom stereocenters. The summed E-state index contributed by atoms with van der Waals surface area (Å²) in [6.07, 6.45) is 3.14. The summed E-state index contributed by atoms with van der Waals surface area (Å²) in [5.41, 5.74) is 0.411. The van der Waals surface area contributed by atoms with Crippen LogP contribution in [0.2, 0.25) is 0 Å². The summed E-state index contributed by atoms with van der Waals surface area (Å²) in [5, 5.41) is 6.00. The Morgan fingerprint density at radius 1 is 1.17 bits per heavy atom. The van der Waals surface area contributed by atoms with Gasteiger partial charge in [0, 0.05) is 38.4 Å². The highest BCUT2D eigenvalue weighted by molar-refractivity contribution is 5.92. The lowest BCUT2D eigenvalue weighted by molar-refractivity contribution is 0.0950. The van der Waals surface area contributed by atoms with Crippen molar-refractivity contribution in [2.75, 3.05) is 49.6 Å². The molecule has 2 aromatic rings. The van der Waals surface area contributed by atoms with Crippen LogP contribution in [0.1, 0.15) is 10.5 Å². The zero-order valence-corrected chi connectivity index (χ0v) is 13.3. The van der Waals surface area contributed by atoms with Crippen molar-refractivity contribution in [3.63, 3.8) is 0 Å². The van der Waals surface area contributed by atoms with Gasteiger partial charge in [-0.1, -0.05) is 6.07 Å². The molecule has 8 nitrogen and oxygen atoms in total. The number of morpholine rings is 1. The van der Waals surface area contributed by atoms with Gasteiger partial charge in [0.1, 0.15) is 23.7 Å². The lowest BCUT2D eigenvalue weighted by Gasteiger charge is -2.27. The van der Waals surface area contributed by atoms with Crippen LogP contribution < -0.4 is 15.5 Å². The van der Waals surface area contributed by atoms with E-state index in [1.807, 2.05) is 6.07 Å². The molecule has 1 saturated heterocycles. The molecule has 24 heavy (non-hydrogen) atoms. The Morgan fingerprint density at radius 3 is 2.83 bits per heavy atom. The number of hydrogen-bond donors (Lipinski definition) is 2. The van der Waals surface area contributed by atoms with Crippen LogP contribution in [-0.2, 0) is 4.74 Å². The molecule has 0 bridgehead atoms. The van der Waals surface area contributed by atoms with E-state index in [1.54, 1.807) is 30.7 Å². The van der Waals surface area contributed by atoms with Crippen molar-refractivity contribution >= 4 is 17.5 Å². The van der Waals surface area contributed by atoms with Gasteiger partial charge in [-0.15, -0.1) is 0 Å². The molecule has 1 aliphatic rings. The lowest BCUT2D eigenvalue weighted by Crippen LogP contribution is -2.36. The first-order chi connectivity index (χ1) is 11.8. The monoisotopic (exact) mass is 328 g/mol. The topological polar surface area (TPSA) is 92.3 Å². The van der Waals surface area contributed by atoms with Gasteiger partial charge in [-0.3, -0.25) is 9.78 Å². The summed E-state index contributed by atoms with van der Waals surface area (Å²) < 4.78 is 5.34. The molecule has 0 aliphatic carbocycles. The van der Waals surface area contributed by atoms with Gasteiger partial charge in [0.25, 0.3) is 5.91 Å². The summed E-state index contributed by atoms with van der Waals surface area (Å²) in [6.45, 7) is 4.14. The van der Waals surface area contributed by atoms with Crippen molar-refractivity contribution in [1.29, 1.82) is 0 Å². The van der Waals surface area contributed by atoms with Crippen LogP contribution in [0.25, 0.3) is 0 Å². The van der Waals surface area contributed by atoms with Crippen molar-refractivity contribution in [3.8, 4) is 0 Å². The molecule has 0 aromatic carbocycles. The van der Waals surface area contributed by atoms with E-state index in [0.717, 1.165) is 24.7 Å². The summed E-state index contributed by atoms with van der Waals surface area (Å²) in [7, 11) is 0. The molecule has 126 valence electrons. The maximum absolute atomic E-state index is 11.9. The summed E-state index contributed by atoms with van der Waals surface area (Å²) in [5.74, 6) is 1.43. The number of amides is 1. The Morgan fingerprint density at radius 2 is 2.04 bits per heavy atom. The maximum Gasteiger partial charge on any atom is 0.269 e. The molecule has 8 heteroatoms. The van der Waals surface area contributed by atoms with Gasteiger partial charge in [-0.2, -0.15) is 0 Å². The van der Waals surface area contributed by atoms with Crippen LogP contribution >= 0.6 is 0 Å². The van der Waals surface area contributed by atoms with E-state index in [1.165, 1.54) is 0 Å². The predicted molar refractivity (Wildman–Crippen MR) is 90.1 cm³/mol. The SMILES string of the molecule is O=C(NCCNc1cc(N2CCOCC2)ncn1)c1ccccn1. The number of aromatic nitrogens is 3. The number of carbonyl (C=O) groups is 1. The fraction of sp³-hybridized carbons (Fsp3) is 0.375. The van der Waals surface area contributed by atoms with Gasteiger partial charge in [-0.25, -0.2) is 9.97 Å². The van der Waals surface area contributed by atoms with Crippen LogP contribution in [-0.4, -0.2) is 60.3 Å². The number of pyridine rings is 1. The van der Waals surface area contributed by atoms with E-state index >= 15 is 0 Å². The number of nitrogens with one attached hydrogen (secondary N) is 2. The number of nitrogens with zero attached hydrogens (tertiary/aromatic N) is 4. The second kappa shape index (κ2) is 8.21. The van der Waals surface area contributed by atoms with E-state index < -0.39 is 0 Å². The fourth-order valence-electron chi connectivity index (χ4n) is 2.36. The minimum atomic E-state index is -0.186. The normalized spacial score (nSPS) is 14.2. The van der Waals surface area contributed by atoms with Crippen LogP contribution in [0.15, 0.2) is 36.8 Å². The average Bonchev–Trinajstić information content (AvgIpc) is 2.67. The predicted octanol–water partition coefficient (Wildman–Crippen LogP) is 0.550. The molecule has 0 saturated carbocycles. The molecule has 0 atom stereocenters. The van der Waals surface area contributed by atoms with E-state index in [2.05, 4.69) is 30.5 Å². The van der Waals surface area contributed by atoms with Crippen molar-refractivity contribution in [3.05, 3.63) is 42.5 Å². The van der Waals surface area contributed by atoms with Gasteiger partial charge < -0.3 is 20.3 Å². The van der Waals surface area contributed by atoms with Crippen LogP contribution in [0, 0.1) is 0 Å². The van der Waals surface area contributed by atoms with Gasteiger partial charge in [-0.05, 0) is 12.1 Å². The third kappa shape index (κ3) is 4.39. The van der Waals surface area contributed by atoms with E-state index in [9.17, 15) is 4.79 Å². The molecule has 0 spiro atoms. The third-order valence-electron chi connectivity index (χ3n) is 3.60. The second-order valence-electron chi connectivity index (χ2n) is 5.26. The quantitative estimate of drug-likeness (QED) is 0.748. The van der Waals surface area contributed by atoms with Crippen LogP contribution in [0.3, 0.4) is 0 Å². The minimum Gasteiger partial charge on any atom is -0.378 e. The first-order valence-electron chi connectivity index (χ1n) is 7.91. The number of carbonyl (C=O) groups excluding carboxylic acids is 1. The van der Waals surface area contributed by atoms with Gasteiger partial charge in [0.2, 0.25) is 0 Å². The first-order valence-corrected chi connectivity index (χ1v) is 7.91. The Bertz CT molecular complexity index is 661. The lowest BCUT2D eigenvalue weighted by atomic mass is 10.3. The van der Waals surface area contributed by atoms with Crippen molar-refractivity contribution in [1.82, 2.24) is 20.3 Å².